The molecule has 1 aliphatic heterocycles. The zero-order chi connectivity index (χ0) is 13.1. The van der Waals surface area contributed by atoms with E-state index in [1.165, 1.54) is 12.4 Å². The van der Waals surface area contributed by atoms with Gasteiger partial charge in [0.15, 0.2) is 0 Å². The first-order valence-electron chi connectivity index (χ1n) is 6.22. The number of hydrogen-bond acceptors (Lipinski definition) is 5. The van der Waals surface area contributed by atoms with Gasteiger partial charge >= 0.3 is 0 Å². The Hall–Kier alpha value is -1.69. The summed E-state index contributed by atoms with van der Waals surface area (Å²) in [5.74, 6) is 0.265. The summed E-state index contributed by atoms with van der Waals surface area (Å²) < 4.78 is 0. The Bertz CT molecular complexity index is 419. The van der Waals surface area contributed by atoms with Crippen molar-refractivity contribution in [2.75, 3.05) is 31.9 Å². The van der Waals surface area contributed by atoms with Crippen LogP contribution in [0.4, 0.5) is 5.82 Å². The van der Waals surface area contributed by atoms with Gasteiger partial charge in [0.1, 0.15) is 11.5 Å². The molecule has 2 N–H and O–H groups in total. The number of carbonyl (C=O) groups excluding carboxylic acids is 1. The third-order valence-corrected chi connectivity index (χ3v) is 3.35. The number of nitrogen functional groups attached to an aromatic ring is 1. The number of aromatic nitrogens is 2. The molecule has 0 aromatic carbocycles. The van der Waals surface area contributed by atoms with E-state index < -0.39 is 0 Å². The Morgan fingerprint density at radius 2 is 2.22 bits per heavy atom. The van der Waals surface area contributed by atoms with Crippen LogP contribution >= 0.6 is 0 Å². The Kier molecular flexibility index (Phi) is 3.76. The van der Waals surface area contributed by atoms with Crippen molar-refractivity contribution in [1.29, 1.82) is 0 Å². The van der Waals surface area contributed by atoms with Gasteiger partial charge in [0, 0.05) is 25.7 Å². The van der Waals surface area contributed by atoms with Crippen molar-refractivity contribution in [1.82, 2.24) is 19.8 Å². The maximum absolute atomic E-state index is 12.2. The van der Waals surface area contributed by atoms with E-state index in [9.17, 15) is 4.79 Å². The number of hydrogen-bond donors (Lipinski definition) is 1. The van der Waals surface area contributed by atoms with Crippen LogP contribution in [0.3, 0.4) is 0 Å². The summed E-state index contributed by atoms with van der Waals surface area (Å²) in [7, 11) is 0. The molecule has 2 heterocycles. The second-order valence-electron chi connectivity index (χ2n) is 4.56. The van der Waals surface area contributed by atoms with E-state index in [2.05, 4.69) is 28.7 Å². The molecule has 98 valence electrons. The molecule has 1 atom stereocenters. The van der Waals surface area contributed by atoms with E-state index in [0.29, 0.717) is 17.6 Å². The molecule has 1 fully saturated rings. The Labute approximate surface area is 107 Å². The normalized spacial score (nSPS) is 21.0. The van der Waals surface area contributed by atoms with Crippen LogP contribution in [-0.2, 0) is 0 Å². The van der Waals surface area contributed by atoms with Crippen LogP contribution in [0.5, 0.6) is 0 Å². The third-order valence-electron chi connectivity index (χ3n) is 3.35. The van der Waals surface area contributed by atoms with E-state index in [4.69, 9.17) is 5.73 Å². The average molecular weight is 249 g/mol. The summed E-state index contributed by atoms with van der Waals surface area (Å²) >= 11 is 0. The Morgan fingerprint density at radius 3 is 2.78 bits per heavy atom. The molecule has 1 aromatic rings. The first-order chi connectivity index (χ1) is 8.61. The summed E-state index contributed by atoms with van der Waals surface area (Å²) in [6, 6.07) is 0.384. The molecule has 2 rings (SSSR count). The van der Waals surface area contributed by atoms with Crippen LogP contribution in [0.25, 0.3) is 0 Å². The maximum Gasteiger partial charge on any atom is 0.274 e. The number of piperazine rings is 1. The molecule has 0 saturated carbocycles. The Balaban J connectivity index is 2.04. The number of rotatable bonds is 2. The highest BCUT2D eigenvalue weighted by Crippen LogP contribution is 2.11. The van der Waals surface area contributed by atoms with Crippen molar-refractivity contribution in [2.45, 2.75) is 19.9 Å². The minimum absolute atomic E-state index is 0.0647. The standard InChI is InChI=1S/C12H19N5O/c1-3-16-4-5-17(8-9(16)2)12(18)10-6-15-11(13)7-14-10/h6-7,9H,3-5,8H2,1-2H3,(H2,13,15). The lowest BCUT2D eigenvalue weighted by Crippen LogP contribution is -2.53. The van der Waals surface area contributed by atoms with Crippen molar-refractivity contribution in [3.8, 4) is 0 Å². The van der Waals surface area contributed by atoms with Crippen molar-refractivity contribution in [3.63, 3.8) is 0 Å². The lowest BCUT2D eigenvalue weighted by molar-refractivity contribution is 0.0522. The molecule has 1 amide bonds. The second-order valence-corrected chi connectivity index (χ2v) is 4.56. The zero-order valence-corrected chi connectivity index (χ0v) is 10.8. The third kappa shape index (κ3) is 2.59. The van der Waals surface area contributed by atoms with E-state index in [1.807, 2.05) is 4.90 Å². The summed E-state index contributed by atoms with van der Waals surface area (Å²) in [4.78, 5) is 24.3. The van der Waals surface area contributed by atoms with Crippen LogP contribution < -0.4 is 5.73 Å². The van der Waals surface area contributed by atoms with Crippen molar-refractivity contribution in [2.24, 2.45) is 0 Å². The highest BCUT2D eigenvalue weighted by Gasteiger charge is 2.26. The molecular weight excluding hydrogens is 230 g/mol. The molecule has 0 radical (unpaired) electrons. The number of anilines is 1. The fourth-order valence-electron chi connectivity index (χ4n) is 2.26. The summed E-state index contributed by atoms with van der Waals surface area (Å²) in [5.41, 5.74) is 5.82. The highest BCUT2D eigenvalue weighted by molar-refractivity contribution is 5.92. The lowest BCUT2D eigenvalue weighted by Gasteiger charge is -2.39. The van der Waals surface area contributed by atoms with Gasteiger partial charge in [-0.15, -0.1) is 0 Å². The minimum Gasteiger partial charge on any atom is -0.382 e. The largest absolute Gasteiger partial charge is 0.382 e. The topological polar surface area (TPSA) is 75.3 Å². The first kappa shape index (κ1) is 12.8. The van der Waals surface area contributed by atoms with Crippen molar-refractivity contribution in [3.05, 3.63) is 18.1 Å². The Morgan fingerprint density at radius 1 is 1.44 bits per heavy atom. The minimum atomic E-state index is -0.0647. The van der Waals surface area contributed by atoms with Crippen LogP contribution in [0.2, 0.25) is 0 Å². The van der Waals surface area contributed by atoms with Gasteiger partial charge < -0.3 is 10.6 Å². The predicted molar refractivity (Wildman–Crippen MR) is 69.1 cm³/mol. The molecule has 1 saturated heterocycles. The van der Waals surface area contributed by atoms with Gasteiger partial charge in [-0.2, -0.15) is 0 Å². The van der Waals surface area contributed by atoms with Gasteiger partial charge in [-0.3, -0.25) is 9.69 Å². The molecular formula is C12H19N5O. The monoisotopic (exact) mass is 249 g/mol. The highest BCUT2D eigenvalue weighted by atomic mass is 16.2. The lowest BCUT2D eigenvalue weighted by atomic mass is 10.2. The van der Waals surface area contributed by atoms with Gasteiger partial charge in [0.05, 0.1) is 12.4 Å². The van der Waals surface area contributed by atoms with Crippen molar-refractivity contribution >= 4 is 11.7 Å². The molecule has 0 bridgehead atoms. The van der Waals surface area contributed by atoms with Gasteiger partial charge in [0.25, 0.3) is 5.91 Å². The summed E-state index contributed by atoms with van der Waals surface area (Å²) in [6.07, 6.45) is 2.85. The number of amides is 1. The van der Waals surface area contributed by atoms with Crippen molar-refractivity contribution < 1.29 is 4.79 Å². The molecule has 0 aliphatic carbocycles. The van der Waals surface area contributed by atoms with Gasteiger partial charge in [-0.25, -0.2) is 9.97 Å². The van der Waals surface area contributed by atoms with Gasteiger partial charge in [-0.05, 0) is 13.5 Å². The molecule has 1 aliphatic rings. The molecule has 18 heavy (non-hydrogen) atoms. The summed E-state index contributed by atoms with van der Waals surface area (Å²) in [5, 5.41) is 0. The molecule has 6 nitrogen and oxygen atoms in total. The van der Waals surface area contributed by atoms with Crippen LogP contribution in [0, 0.1) is 0 Å². The summed E-state index contributed by atoms with van der Waals surface area (Å²) in [6.45, 7) is 7.68. The van der Waals surface area contributed by atoms with E-state index in [-0.39, 0.29) is 5.91 Å². The number of carbonyl (C=O) groups is 1. The molecule has 6 heteroatoms. The van der Waals surface area contributed by atoms with E-state index in [1.54, 1.807) is 0 Å². The zero-order valence-electron chi connectivity index (χ0n) is 10.8. The molecule has 1 unspecified atom stereocenters. The quantitative estimate of drug-likeness (QED) is 0.811. The number of nitrogens with two attached hydrogens (primary N) is 1. The van der Waals surface area contributed by atoms with Crippen LogP contribution in [-0.4, -0.2) is 57.9 Å². The van der Waals surface area contributed by atoms with Crippen LogP contribution in [0.1, 0.15) is 24.3 Å². The van der Waals surface area contributed by atoms with Crippen LogP contribution in [0.15, 0.2) is 12.4 Å². The fourth-order valence-corrected chi connectivity index (χ4v) is 2.26. The molecule has 1 aromatic heterocycles. The maximum atomic E-state index is 12.2. The van der Waals surface area contributed by atoms with Gasteiger partial charge in [0.2, 0.25) is 0 Å². The fraction of sp³-hybridized carbons (Fsp3) is 0.583. The first-order valence-corrected chi connectivity index (χ1v) is 6.22. The molecule has 0 spiro atoms. The SMILES string of the molecule is CCN1CCN(C(=O)c2cnc(N)cn2)CC1C. The average Bonchev–Trinajstić information content (AvgIpc) is 2.38. The number of likely N-dealkylation sites (N-methyl/N-ethyl adjacent to an activating group) is 1. The second kappa shape index (κ2) is 5.30. The predicted octanol–water partition coefficient (Wildman–Crippen LogP) is 0.225. The van der Waals surface area contributed by atoms with E-state index in [0.717, 1.165) is 26.2 Å². The van der Waals surface area contributed by atoms with E-state index >= 15 is 0 Å². The smallest absolute Gasteiger partial charge is 0.274 e. The van der Waals surface area contributed by atoms with Gasteiger partial charge in [-0.1, -0.05) is 6.92 Å². The number of nitrogens with zero attached hydrogens (tertiary/aromatic N) is 4.